The van der Waals surface area contributed by atoms with Crippen LogP contribution < -0.4 is 10.6 Å². The van der Waals surface area contributed by atoms with Crippen molar-refractivity contribution in [1.82, 2.24) is 0 Å². The fourth-order valence-electron chi connectivity index (χ4n) is 4.30. The fourth-order valence-corrected chi connectivity index (χ4v) is 5.48. The topological polar surface area (TPSA) is 75.3 Å². The third-order valence-corrected chi connectivity index (χ3v) is 8.11. The summed E-state index contributed by atoms with van der Waals surface area (Å²) >= 11 is 5.04. The Balaban J connectivity index is 1.32. The van der Waals surface area contributed by atoms with E-state index < -0.39 is 0 Å². The van der Waals surface area contributed by atoms with Crippen molar-refractivity contribution in [3.05, 3.63) is 147 Å². The molecular formula is C35H27BrN2O3S. The highest BCUT2D eigenvalue weighted by atomic mass is 79.9. The van der Waals surface area contributed by atoms with E-state index in [2.05, 4.69) is 26.6 Å². The van der Waals surface area contributed by atoms with E-state index in [0.717, 1.165) is 30.9 Å². The van der Waals surface area contributed by atoms with Gasteiger partial charge in [-0.2, -0.15) is 0 Å². The molecule has 7 heteroatoms. The van der Waals surface area contributed by atoms with Gasteiger partial charge in [0.1, 0.15) is 0 Å². The zero-order valence-electron chi connectivity index (χ0n) is 22.8. The van der Waals surface area contributed by atoms with E-state index in [1.807, 2.05) is 73.7 Å². The Bertz CT molecular complexity index is 1760. The zero-order valence-corrected chi connectivity index (χ0v) is 25.2. The molecule has 2 amide bonds. The lowest BCUT2D eigenvalue weighted by atomic mass is 10.0. The van der Waals surface area contributed by atoms with Gasteiger partial charge in [-0.1, -0.05) is 88.2 Å². The van der Waals surface area contributed by atoms with Crippen molar-refractivity contribution in [2.45, 2.75) is 13.3 Å². The monoisotopic (exact) mass is 634 g/mol. The molecule has 2 N–H and O–H groups in total. The zero-order chi connectivity index (χ0) is 29.5. The fraction of sp³-hybridized carbons (Fsp3) is 0.0571. The average Bonchev–Trinajstić information content (AvgIpc) is 3.48. The number of ketones is 1. The number of aryl methyl sites for hydroxylation is 1. The van der Waals surface area contributed by atoms with Gasteiger partial charge in [-0.05, 0) is 66.6 Å². The second-order valence-electron chi connectivity index (χ2n) is 9.70. The lowest BCUT2D eigenvalue weighted by Gasteiger charge is -2.13. The largest absolute Gasteiger partial charge is 0.325 e. The summed E-state index contributed by atoms with van der Waals surface area (Å²) in [5.74, 6) is -0.825. The molecule has 0 aliphatic carbocycles. The Labute approximate surface area is 257 Å². The number of hydrogen-bond donors (Lipinski definition) is 2. The predicted molar refractivity (Wildman–Crippen MR) is 175 cm³/mol. The smallest absolute Gasteiger partial charge is 0.248 e. The van der Waals surface area contributed by atoms with Crippen LogP contribution in [0.25, 0.3) is 16.5 Å². The SMILES string of the molecule is Cc1ccc(CC(=O)Nc2ccc(NC(=O)/C=C/c3ccc(-c4ccc(Br)cc4)s3)cc2C(=O)c2ccccc2)cc1. The molecule has 0 aliphatic heterocycles. The second-order valence-corrected chi connectivity index (χ2v) is 11.7. The Hall–Kier alpha value is -4.59. The van der Waals surface area contributed by atoms with Crippen LogP contribution in [0, 0.1) is 6.92 Å². The number of thiophene rings is 1. The van der Waals surface area contributed by atoms with Crippen molar-refractivity contribution in [2.75, 3.05) is 10.6 Å². The average molecular weight is 636 g/mol. The summed E-state index contributed by atoms with van der Waals surface area (Å²) in [6, 6.07) is 33.6. The Kier molecular flexibility index (Phi) is 9.21. The first-order valence-electron chi connectivity index (χ1n) is 13.3. The highest BCUT2D eigenvalue weighted by Crippen LogP contribution is 2.30. The molecule has 1 aromatic heterocycles. The van der Waals surface area contributed by atoms with Crippen molar-refractivity contribution in [3.8, 4) is 10.4 Å². The van der Waals surface area contributed by atoms with Gasteiger partial charge >= 0.3 is 0 Å². The van der Waals surface area contributed by atoms with Gasteiger partial charge in [0.15, 0.2) is 5.78 Å². The maximum Gasteiger partial charge on any atom is 0.248 e. The summed E-state index contributed by atoms with van der Waals surface area (Å²) in [5.41, 5.74) is 4.69. The van der Waals surface area contributed by atoms with Crippen LogP contribution in [-0.4, -0.2) is 17.6 Å². The summed E-state index contributed by atoms with van der Waals surface area (Å²) < 4.78 is 1.02. The summed E-state index contributed by atoms with van der Waals surface area (Å²) in [5, 5.41) is 5.72. The van der Waals surface area contributed by atoms with Crippen molar-refractivity contribution in [3.63, 3.8) is 0 Å². The third-order valence-electron chi connectivity index (χ3n) is 6.48. The van der Waals surface area contributed by atoms with Crippen LogP contribution in [0.1, 0.15) is 31.9 Å². The van der Waals surface area contributed by atoms with Crippen molar-refractivity contribution < 1.29 is 14.4 Å². The highest BCUT2D eigenvalue weighted by molar-refractivity contribution is 9.10. The van der Waals surface area contributed by atoms with Crippen LogP contribution in [0.5, 0.6) is 0 Å². The Morgan fingerprint density at radius 2 is 1.55 bits per heavy atom. The predicted octanol–water partition coefficient (Wildman–Crippen LogP) is 8.55. The van der Waals surface area contributed by atoms with E-state index in [4.69, 9.17) is 0 Å². The molecule has 0 aliphatic rings. The van der Waals surface area contributed by atoms with Gasteiger partial charge in [-0.3, -0.25) is 14.4 Å². The molecule has 208 valence electrons. The van der Waals surface area contributed by atoms with E-state index in [9.17, 15) is 14.4 Å². The number of carbonyl (C=O) groups is 3. The first-order chi connectivity index (χ1) is 20.3. The molecule has 5 rings (SSSR count). The van der Waals surface area contributed by atoms with Gasteiger partial charge in [0, 0.05) is 37.1 Å². The number of anilines is 2. The molecule has 0 unspecified atom stereocenters. The molecule has 0 spiro atoms. The van der Waals surface area contributed by atoms with Gasteiger partial charge in [0.05, 0.1) is 12.1 Å². The summed E-state index contributed by atoms with van der Waals surface area (Å²) in [4.78, 5) is 41.1. The molecule has 4 aromatic carbocycles. The van der Waals surface area contributed by atoms with Gasteiger partial charge in [-0.25, -0.2) is 0 Å². The minimum atomic E-state index is -0.331. The summed E-state index contributed by atoms with van der Waals surface area (Å²) in [7, 11) is 0. The van der Waals surface area contributed by atoms with Crippen molar-refractivity contribution in [1.29, 1.82) is 0 Å². The van der Waals surface area contributed by atoms with Crippen molar-refractivity contribution >= 4 is 62.3 Å². The summed E-state index contributed by atoms with van der Waals surface area (Å²) in [6.45, 7) is 1.99. The molecule has 0 atom stereocenters. The number of benzene rings is 4. The highest BCUT2D eigenvalue weighted by Gasteiger charge is 2.17. The minimum absolute atomic E-state index is 0.175. The van der Waals surface area contributed by atoms with Gasteiger partial charge < -0.3 is 10.6 Å². The quantitative estimate of drug-likeness (QED) is 0.126. The number of halogens is 1. The molecule has 0 bridgehead atoms. The number of carbonyl (C=O) groups excluding carboxylic acids is 3. The lowest BCUT2D eigenvalue weighted by Crippen LogP contribution is -2.18. The van der Waals surface area contributed by atoms with Gasteiger partial charge in [0.2, 0.25) is 11.8 Å². The number of nitrogens with one attached hydrogen (secondary N) is 2. The van der Waals surface area contributed by atoms with Crippen LogP contribution in [0.3, 0.4) is 0 Å². The Morgan fingerprint density at radius 1 is 0.810 bits per heavy atom. The normalized spacial score (nSPS) is 10.9. The van der Waals surface area contributed by atoms with E-state index in [1.54, 1.807) is 59.9 Å². The maximum absolute atomic E-state index is 13.5. The first-order valence-corrected chi connectivity index (χ1v) is 14.9. The summed E-state index contributed by atoms with van der Waals surface area (Å²) in [6.07, 6.45) is 3.40. The Morgan fingerprint density at radius 3 is 2.29 bits per heavy atom. The van der Waals surface area contributed by atoms with E-state index in [1.165, 1.54) is 6.08 Å². The molecular weight excluding hydrogens is 608 g/mol. The third kappa shape index (κ3) is 7.57. The van der Waals surface area contributed by atoms with E-state index >= 15 is 0 Å². The van der Waals surface area contributed by atoms with Crippen LogP contribution in [-0.2, 0) is 16.0 Å². The van der Waals surface area contributed by atoms with E-state index in [-0.39, 0.29) is 29.6 Å². The number of amides is 2. The lowest BCUT2D eigenvalue weighted by molar-refractivity contribution is -0.115. The number of rotatable bonds is 9. The van der Waals surface area contributed by atoms with Crippen LogP contribution in [0.15, 0.2) is 120 Å². The second kappa shape index (κ2) is 13.4. The molecule has 0 radical (unpaired) electrons. The molecule has 1 heterocycles. The maximum atomic E-state index is 13.5. The molecule has 5 aromatic rings. The van der Waals surface area contributed by atoms with Gasteiger partial charge in [0.25, 0.3) is 0 Å². The molecule has 42 heavy (non-hydrogen) atoms. The van der Waals surface area contributed by atoms with Gasteiger partial charge in [-0.15, -0.1) is 11.3 Å². The molecule has 0 fully saturated rings. The first kappa shape index (κ1) is 28.9. The van der Waals surface area contributed by atoms with Crippen LogP contribution >= 0.6 is 27.3 Å². The molecule has 0 saturated heterocycles. The minimum Gasteiger partial charge on any atom is -0.325 e. The standard InChI is InChI=1S/C35H27BrN2O3S/c1-23-7-9-24(10-8-23)21-34(40)38-31-18-15-28(22-30(31)35(41)26-5-3-2-4-6-26)37-33(39)20-17-29-16-19-32(42-29)25-11-13-27(36)14-12-25/h2-20,22H,21H2,1H3,(H,37,39)(H,38,40)/b20-17+. The van der Waals surface area contributed by atoms with Crippen LogP contribution in [0.2, 0.25) is 0 Å². The van der Waals surface area contributed by atoms with E-state index in [0.29, 0.717) is 16.9 Å². The number of hydrogen-bond acceptors (Lipinski definition) is 4. The van der Waals surface area contributed by atoms with Crippen LogP contribution in [0.4, 0.5) is 11.4 Å². The van der Waals surface area contributed by atoms with Crippen molar-refractivity contribution in [2.24, 2.45) is 0 Å². The molecule has 5 nitrogen and oxygen atoms in total. The molecule has 0 saturated carbocycles.